The summed E-state index contributed by atoms with van der Waals surface area (Å²) in [7, 11) is 1.40. The van der Waals surface area contributed by atoms with Gasteiger partial charge in [-0.3, -0.25) is 0 Å². The second-order valence-electron chi connectivity index (χ2n) is 2.87. The fourth-order valence-corrected chi connectivity index (χ4v) is 1.79. The normalized spacial score (nSPS) is 12.1. The summed E-state index contributed by atoms with van der Waals surface area (Å²) in [5.41, 5.74) is 0.737. The number of rotatable bonds is 4. The number of methoxy groups -OCH3 is 1. The Morgan fingerprint density at radius 1 is 1.36 bits per heavy atom. The van der Waals surface area contributed by atoms with Gasteiger partial charge in [0.15, 0.2) is 0 Å². The summed E-state index contributed by atoms with van der Waals surface area (Å²) < 4.78 is 4.61. The highest BCUT2D eigenvalue weighted by molar-refractivity contribution is 7.99. The Kier molecular flexibility index (Phi) is 4.40. The molecule has 0 bridgehead atoms. The lowest BCUT2D eigenvalue weighted by Crippen LogP contribution is -1.91. The van der Waals surface area contributed by atoms with E-state index in [1.54, 1.807) is 18.7 Å². The quantitative estimate of drug-likeness (QED) is 0.563. The molecule has 0 spiro atoms. The first-order valence-electron chi connectivity index (χ1n) is 4.32. The summed E-state index contributed by atoms with van der Waals surface area (Å²) in [5.74, 6) is 0.449. The van der Waals surface area contributed by atoms with Gasteiger partial charge in [-0.25, -0.2) is 5.11 Å². The summed E-state index contributed by atoms with van der Waals surface area (Å²) >= 11 is 1.63. The fraction of sp³-hybridized carbons (Fsp3) is 0.273. The fourth-order valence-electron chi connectivity index (χ4n) is 0.941. The number of ether oxygens (including phenoxy) is 1. The SMILES string of the molecule is COC([O])=C(C)CSc1ccccc1. The van der Waals surface area contributed by atoms with Gasteiger partial charge in [-0.05, 0) is 19.1 Å². The van der Waals surface area contributed by atoms with Crippen LogP contribution < -0.4 is 0 Å². The van der Waals surface area contributed by atoms with E-state index in [9.17, 15) is 5.11 Å². The Morgan fingerprint density at radius 3 is 2.57 bits per heavy atom. The molecule has 0 aliphatic heterocycles. The number of thioether (sulfide) groups is 1. The molecule has 3 heteroatoms. The molecule has 0 atom stereocenters. The third-order valence-electron chi connectivity index (χ3n) is 1.73. The van der Waals surface area contributed by atoms with Crippen molar-refractivity contribution in [2.75, 3.05) is 12.9 Å². The molecular formula is C11H13O2S. The zero-order chi connectivity index (χ0) is 10.4. The highest BCUT2D eigenvalue weighted by Crippen LogP contribution is 2.20. The van der Waals surface area contributed by atoms with E-state index in [4.69, 9.17) is 0 Å². The Hall–Kier alpha value is -1.09. The van der Waals surface area contributed by atoms with E-state index in [1.807, 2.05) is 30.3 Å². The van der Waals surface area contributed by atoms with Crippen molar-refractivity contribution in [2.24, 2.45) is 0 Å². The van der Waals surface area contributed by atoms with E-state index in [2.05, 4.69) is 4.74 Å². The predicted molar refractivity (Wildman–Crippen MR) is 57.6 cm³/mol. The molecule has 0 amide bonds. The molecule has 0 aliphatic rings. The molecular weight excluding hydrogens is 196 g/mol. The second kappa shape index (κ2) is 5.60. The molecule has 0 saturated heterocycles. The first-order chi connectivity index (χ1) is 6.74. The van der Waals surface area contributed by atoms with Gasteiger partial charge in [-0.15, -0.1) is 11.8 Å². The van der Waals surface area contributed by atoms with Crippen molar-refractivity contribution in [2.45, 2.75) is 11.8 Å². The minimum absolute atomic E-state index is 0.228. The van der Waals surface area contributed by atoms with E-state index >= 15 is 0 Å². The average Bonchev–Trinajstić information content (AvgIpc) is 2.26. The maximum absolute atomic E-state index is 11.1. The summed E-state index contributed by atoms with van der Waals surface area (Å²) in [4.78, 5) is 1.16. The summed E-state index contributed by atoms with van der Waals surface area (Å²) in [5, 5.41) is 11.1. The second-order valence-corrected chi connectivity index (χ2v) is 3.92. The molecule has 0 unspecified atom stereocenters. The molecule has 1 aromatic rings. The monoisotopic (exact) mass is 209 g/mol. The first-order valence-corrected chi connectivity index (χ1v) is 5.31. The lowest BCUT2D eigenvalue weighted by molar-refractivity contribution is 0.0821. The molecule has 75 valence electrons. The van der Waals surface area contributed by atoms with Crippen LogP contribution in [0.15, 0.2) is 46.7 Å². The van der Waals surface area contributed by atoms with Crippen LogP contribution in [-0.4, -0.2) is 12.9 Å². The van der Waals surface area contributed by atoms with Crippen LogP contribution >= 0.6 is 11.8 Å². The predicted octanol–water partition coefficient (Wildman–Crippen LogP) is 3.09. The van der Waals surface area contributed by atoms with Gasteiger partial charge in [-0.1, -0.05) is 18.2 Å². The van der Waals surface area contributed by atoms with Crippen molar-refractivity contribution in [3.8, 4) is 0 Å². The summed E-state index contributed by atoms with van der Waals surface area (Å²) in [6.45, 7) is 1.79. The zero-order valence-electron chi connectivity index (χ0n) is 8.32. The van der Waals surface area contributed by atoms with Gasteiger partial charge >= 0.3 is 5.95 Å². The van der Waals surface area contributed by atoms with Crippen LogP contribution in [0.25, 0.3) is 0 Å². The molecule has 0 aromatic heterocycles. The number of benzene rings is 1. The molecule has 0 N–H and O–H groups in total. The summed E-state index contributed by atoms with van der Waals surface area (Å²) in [6, 6.07) is 9.98. The molecule has 14 heavy (non-hydrogen) atoms. The lowest BCUT2D eigenvalue weighted by atomic mass is 10.4. The third kappa shape index (κ3) is 3.34. The van der Waals surface area contributed by atoms with E-state index in [0.717, 1.165) is 10.5 Å². The Bertz CT molecular complexity index is 306. The third-order valence-corrected chi connectivity index (χ3v) is 2.92. The van der Waals surface area contributed by atoms with Crippen LogP contribution in [0, 0.1) is 0 Å². The maximum Gasteiger partial charge on any atom is 0.330 e. The maximum atomic E-state index is 11.1. The van der Waals surface area contributed by atoms with Gasteiger partial charge in [0.1, 0.15) is 0 Å². The van der Waals surface area contributed by atoms with Crippen LogP contribution in [0.5, 0.6) is 0 Å². The highest BCUT2D eigenvalue weighted by Gasteiger charge is 2.02. The van der Waals surface area contributed by atoms with Crippen molar-refractivity contribution in [1.29, 1.82) is 0 Å². The Labute approximate surface area is 88.6 Å². The molecule has 1 radical (unpaired) electrons. The largest absolute Gasteiger partial charge is 0.466 e. The van der Waals surface area contributed by atoms with Crippen LogP contribution in [0.1, 0.15) is 6.92 Å². The number of hydrogen-bond acceptors (Lipinski definition) is 2. The van der Waals surface area contributed by atoms with Crippen molar-refractivity contribution in [3.63, 3.8) is 0 Å². The molecule has 1 aromatic carbocycles. The molecule has 0 aliphatic carbocycles. The van der Waals surface area contributed by atoms with Gasteiger partial charge in [0.2, 0.25) is 0 Å². The Morgan fingerprint density at radius 2 is 2.00 bits per heavy atom. The standard InChI is InChI=1S/C11H13O2S/c1-9(11(12)13-2)8-14-10-6-4-3-5-7-10/h3-7H,8H2,1-2H3. The summed E-state index contributed by atoms with van der Waals surface area (Å²) in [6.07, 6.45) is 0. The molecule has 1 rings (SSSR count). The highest BCUT2D eigenvalue weighted by atomic mass is 32.2. The first kappa shape index (κ1) is 11.0. The van der Waals surface area contributed by atoms with E-state index in [1.165, 1.54) is 7.11 Å². The molecule has 0 fully saturated rings. The Balaban J connectivity index is 2.50. The lowest BCUT2D eigenvalue weighted by Gasteiger charge is -2.02. The van der Waals surface area contributed by atoms with Crippen LogP contribution in [0.3, 0.4) is 0 Å². The zero-order valence-corrected chi connectivity index (χ0v) is 9.14. The minimum atomic E-state index is -0.228. The van der Waals surface area contributed by atoms with Crippen molar-refractivity contribution in [3.05, 3.63) is 41.9 Å². The van der Waals surface area contributed by atoms with Crippen molar-refractivity contribution >= 4 is 11.8 Å². The van der Waals surface area contributed by atoms with Crippen LogP contribution in [0.4, 0.5) is 0 Å². The van der Waals surface area contributed by atoms with Gasteiger partial charge < -0.3 is 4.74 Å². The topological polar surface area (TPSA) is 29.1 Å². The number of hydrogen-bond donors (Lipinski definition) is 0. The van der Waals surface area contributed by atoms with E-state index < -0.39 is 0 Å². The van der Waals surface area contributed by atoms with Crippen molar-refractivity contribution in [1.82, 2.24) is 0 Å². The van der Waals surface area contributed by atoms with Crippen LogP contribution in [-0.2, 0) is 9.84 Å². The smallest absolute Gasteiger partial charge is 0.330 e. The van der Waals surface area contributed by atoms with Crippen LogP contribution in [0.2, 0.25) is 0 Å². The van der Waals surface area contributed by atoms with E-state index in [-0.39, 0.29) is 5.95 Å². The van der Waals surface area contributed by atoms with Gasteiger partial charge in [0.25, 0.3) is 0 Å². The van der Waals surface area contributed by atoms with Crippen molar-refractivity contribution < 1.29 is 9.84 Å². The van der Waals surface area contributed by atoms with Gasteiger partial charge in [-0.2, -0.15) is 0 Å². The minimum Gasteiger partial charge on any atom is -0.466 e. The molecule has 2 nitrogen and oxygen atoms in total. The van der Waals surface area contributed by atoms with E-state index in [0.29, 0.717) is 5.75 Å². The molecule has 0 saturated carbocycles. The van der Waals surface area contributed by atoms with Gasteiger partial charge in [0, 0.05) is 16.2 Å². The van der Waals surface area contributed by atoms with Gasteiger partial charge in [0.05, 0.1) is 7.11 Å². The average molecular weight is 209 g/mol. The molecule has 0 heterocycles.